The fourth-order valence-electron chi connectivity index (χ4n) is 2.83. The minimum atomic E-state index is -0.737. The number of benzene rings is 1. The lowest BCUT2D eigenvalue weighted by Crippen LogP contribution is -2.09. The van der Waals surface area contributed by atoms with Crippen molar-refractivity contribution in [3.63, 3.8) is 0 Å². The van der Waals surface area contributed by atoms with Crippen molar-refractivity contribution >= 4 is 44.2 Å². The number of nitrogens with two attached hydrogens (primary N) is 1. The standard InChI is InChI=1S/C16H14BrN9O3/c1-6(2)12-11(21-25-26(12)14-13(18)23-29-24-14)16(28)22-20-10-8-5-7(17)3-4-9(8)19-15(10)27/h3-6,19,27H,1-2H3,(H2,18,23). The monoisotopic (exact) mass is 459 g/mol. The van der Waals surface area contributed by atoms with Crippen molar-refractivity contribution in [3.05, 3.63) is 34.1 Å². The van der Waals surface area contributed by atoms with E-state index < -0.39 is 5.91 Å². The number of hydrogen-bond donors (Lipinski definition) is 3. The lowest BCUT2D eigenvalue weighted by atomic mass is 10.1. The van der Waals surface area contributed by atoms with Crippen molar-refractivity contribution < 1.29 is 14.5 Å². The van der Waals surface area contributed by atoms with Crippen molar-refractivity contribution in [2.45, 2.75) is 19.8 Å². The van der Waals surface area contributed by atoms with E-state index in [1.54, 1.807) is 12.1 Å². The SMILES string of the molecule is CC(C)c1c(C(=O)N=Nc2c(O)[nH]c3ccc(Br)cc23)nnn1-c1nonc1N. The fourth-order valence-corrected chi connectivity index (χ4v) is 3.19. The van der Waals surface area contributed by atoms with Crippen molar-refractivity contribution in [2.75, 3.05) is 5.73 Å². The predicted octanol–water partition coefficient (Wildman–Crippen LogP) is 3.23. The van der Waals surface area contributed by atoms with Crippen LogP contribution in [0.1, 0.15) is 35.9 Å². The van der Waals surface area contributed by atoms with Gasteiger partial charge in [-0.05, 0) is 34.4 Å². The molecule has 0 aliphatic heterocycles. The largest absolute Gasteiger partial charge is 0.493 e. The Bertz CT molecular complexity index is 1250. The molecule has 0 unspecified atom stereocenters. The average molecular weight is 460 g/mol. The number of hydrogen-bond acceptors (Lipinski definition) is 9. The number of anilines is 1. The number of nitrogens with zero attached hydrogens (tertiary/aromatic N) is 7. The first kappa shape index (κ1) is 18.7. The molecule has 0 saturated carbocycles. The molecule has 3 aromatic heterocycles. The lowest BCUT2D eigenvalue weighted by molar-refractivity contribution is 0.0989. The summed E-state index contributed by atoms with van der Waals surface area (Å²) in [6, 6.07) is 5.32. The number of rotatable bonds is 4. The molecule has 0 aliphatic rings. The van der Waals surface area contributed by atoms with Gasteiger partial charge in [-0.1, -0.05) is 35.0 Å². The Morgan fingerprint density at radius 3 is 2.86 bits per heavy atom. The van der Waals surface area contributed by atoms with E-state index in [2.05, 4.69) is 56.4 Å². The Morgan fingerprint density at radius 2 is 2.17 bits per heavy atom. The number of carbonyl (C=O) groups excluding carboxylic acids is 1. The highest BCUT2D eigenvalue weighted by molar-refractivity contribution is 9.10. The molecule has 4 aromatic rings. The Morgan fingerprint density at radius 1 is 1.38 bits per heavy atom. The van der Waals surface area contributed by atoms with Gasteiger partial charge >= 0.3 is 5.91 Å². The molecule has 0 spiro atoms. The summed E-state index contributed by atoms with van der Waals surface area (Å²) in [5, 5.41) is 33.4. The van der Waals surface area contributed by atoms with E-state index in [0.717, 1.165) is 4.47 Å². The minimum absolute atomic E-state index is 0.00622. The molecular weight excluding hydrogens is 446 g/mol. The second kappa shape index (κ2) is 7.09. The van der Waals surface area contributed by atoms with Crippen molar-refractivity contribution in [2.24, 2.45) is 10.2 Å². The number of aromatic nitrogens is 6. The van der Waals surface area contributed by atoms with Crippen LogP contribution in [0, 0.1) is 0 Å². The molecule has 3 heterocycles. The summed E-state index contributed by atoms with van der Waals surface area (Å²) < 4.78 is 6.65. The summed E-state index contributed by atoms with van der Waals surface area (Å²) in [4.78, 5) is 15.5. The summed E-state index contributed by atoms with van der Waals surface area (Å²) in [6.45, 7) is 3.69. The summed E-state index contributed by atoms with van der Waals surface area (Å²) in [5.41, 5.74) is 6.90. The number of aromatic hydroxyl groups is 1. The van der Waals surface area contributed by atoms with E-state index in [1.807, 2.05) is 19.9 Å². The lowest BCUT2D eigenvalue weighted by Gasteiger charge is -2.06. The van der Waals surface area contributed by atoms with Crippen LogP contribution in [0.4, 0.5) is 11.5 Å². The maximum Gasteiger partial charge on any atom is 0.317 e. The van der Waals surface area contributed by atoms with Crippen LogP contribution in [0.2, 0.25) is 0 Å². The van der Waals surface area contributed by atoms with E-state index in [0.29, 0.717) is 16.6 Å². The number of fused-ring (bicyclic) bond motifs is 1. The van der Waals surface area contributed by atoms with Crippen molar-refractivity contribution in [1.29, 1.82) is 0 Å². The van der Waals surface area contributed by atoms with Gasteiger partial charge in [-0.3, -0.25) is 4.79 Å². The van der Waals surface area contributed by atoms with Gasteiger partial charge in [-0.25, -0.2) is 4.63 Å². The Kier molecular flexibility index (Phi) is 4.58. The molecule has 1 amide bonds. The third-order valence-electron chi connectivity index (χ3n) is 4.11. The molecule has 1 aromatic carbocycles. The van der Waals surface area contributed by atoms with Gasteiger partial charge in [-0.2, -0.15) is 4.68 Å². The van der Waals surface area contributed by atoms with Gasteiger partial charge in [0, 0.05) is 9.86 Å². The van der Waals surface area contributed by atoms with Crippen LogP contribution in [0.25, 0.3) is 16.7 Å². The van der Waals surface area contributed by atoms with Crippen LogP contribution in [0.5, 0.6) is 5.88 Å². The van der Waals surface area contributed by atoms with E-state index >= 15 is 0 Å². The number of nitrogens with one attached hydrogen (secondary N) is 1. The van der Waals surface area contributed by atoms with Gasteiger partial charge in [-0.15, -0.1) is 15.3 Å². The van der Waals surface area contributed by atoms with E-state index in [9.17, 15) is 9.90 Å². The normalized spacial score (nSPS) is 11.9. The summed E-state index contributed by atoms with van der Waals surface area (Å²) in [7, 11) is 0. The van der Waals surface area contributed by atoms with Crippen LogP contribution >= 0.6 is 15.9 Å². The number of carbonyl (C=O) groups is 1. The number of aromatic amines is 1. The molecular formula is C16H14BrN9O3. The zero-order chi connectivity index (χ0) is 20.7. The second-order valence-corrected chi connectivity index (χ2v) is 7.30. The van der Waals surface area contributed by atoms with Gasteiger partial charge in [0.1, 0.15) is 0 Å². The quantitative estimate of drug-likeness (QED) is 0.389. The number of halogens is 1. The van der Waals surface area contributed by atoms with Crippen LogP contribution in [-0.4, -0.2) is 41.3 Å². The van der Waals surface area contributed by atoms with Crippen LogP contribution in [-0.2, 0) is 0 Å². The third kappa shape index (κ3) is 3.24. The van der Waals surface area contributed by atoms with Gasteiger partial charge in [0.15, 0.2) is 11.4 Å². The molecule has 13 heteroatoms. The molecule has 4 N–H and O–H groups in total. The Hall–Kier alpha value is -3.61. The molecule has 0 radical (unpaired) electrons. The maximum atomic E-state index is 12.7. The first-order chi connectivity index (χ1) is 13.9. The minimum Gasteiger partial charge on any atom is -0.493 e. The van der Waals surface area contributed by atoms with Gasteiger partial charge in [0.05, 0.1) is 11.2 Å². The zero-order valence-electron chi connectivity index (χ0n) is 15.2. The number of amides is 1. The molecule has 0 fully saturated rings. The summed E-state index contributed by atoms with van der Waals surface area (Å²) in [6.07, 6.45) is 0. The highest BCUT2D eigenvalue weighted by Gasteiger charge is 2.26. The topological polar surface area (TPSA) is 173 Å². The summed E-state index contributed by atoms with van der Waals surface area (Å²) in [5.74, 6) is -0.988. The molecule has 0 aliphatic carbocycles. The van der Waals surface area contributed by atoms with Gasteiger partial charge < -0.3 is 15.8 Å². The van der Waals surface area contributed by atoms with E-state index in [4.69, 9.17) is 5.73 Å². The smallest absolute Gasteiger partial charge is 0.317 e. The Labute approximate surface area is 170 Å². The van der Waals surface area contributed by atoms with Crippen LogP contribution < -0.4 is 5.73 Å². The summed E-state index contributed by atoms with van der Waals surface area (Å²) >= 11 is 3.36. The molecule has 0 atom stereocenters. The van der Waals surface area contributed by atoms with Crippen molar-refractivity contribution in [3.8, 4) is 11.7 Å². The molecule has 0 saturated heterocycles. The molecule has 29 heavy (non-hydrogen) atoms. The third-order valence-corrected chi connectivity index (χ3v) is 4.60. The second-order valence-electron chi connectivity index (χ2n) is 6.38. The van der Waals surface area contributed by atoms with Crippen molar-refractivity contribution in [1.82, 2.24) is 30.3 Å². The number of nitrogen functional groups attached to an aromatic ring is 1. The van der Waals surface area contributed by atoms with Crippen LogP contribution in [0.3, 0.4) is 0 Å². The zero-order valence-corrected chi connectivity index (χ0v) is 16.7. The fraction of sp³-hybridized carbons (Fsp3) is 0.188. The first-order valence-corrected chi connectivity index (χ1v) is 9.16. The highest BCUT2D eigenvalue weighted by Crippen LogP contribution is 2.37. The first-order valence-electron chi connectivity index (χ1n) is 8.37. The van der Waals surface area contributed by atoms with Gasteiger partial charge in [0.2, 0.25) is 17.5 Å². The average Bonchev–Trinajstić information content (AvgIpc) is 3.36. The molecule has 4 rings (SSSR count). The molecule has 0 bridgehead atoms. The number of H-pyrrole nitrogens is 1. The maximum absolute atomic E-state index is 12.7. The van der Waals surface area contributed by atoms with E-state index in [-0.39, 0.29) is 34.8 Å². The Balaban J connectivity index is 1.73. The van der Waals surface area contributed by atoms with E-state index in [1.165, 1.54) is 4.68 Å². The molecule has 148 valence electrons. The van der Waals surface area contributed by atoms with Crippen LogP contribution in [0.15, 0.2) is 37.5 Å². The number of azo groups is 1. The predicted molar refractivity (Wildman–Crippen MR) is 104 cm³/mol. The van der Waals surface area contributed by atoms with Gasteiger partial charge in [0.25, 0.3) is 0 Å². The molecule has 12 nitrogen and oxygen atoms in total. The highest BCUT2D eigenvalue weighted by atomic mass is 79.9.